The SMILES string of the molecule is N#CCCNC(=O)C1CCCC(N)C1. The van der Waals surface area contributed by atoms with Crippen molar-refractivity contribution in [2.24, 2.45) is 11.7 Å². The van der Waals surface area contributed by atoms with Crippen LogP contribution in [-0.2, 0) is 4.79 Å². The van der Waals surface area contributed by atoms with Crippen molar-refractivity contribution in [3.05, 3.63) is 0 Å². The molecule has 4 heteroatoms. The molecule has 1 saturated carbocycles. The Labute approximate surface area is 84.5 Å². The van der Waals surface area contributed by atoms with Crippen molar-refractivity contribution < 1.29 is 4.79 Å². The summed E-state index contributed by atoms with van der Waals surface area (Å²) in [5, 5.41) is 11.1. The lowest BCUT2D eigenvalue weighted by Crippen LogP contribution is -2.38. The second-order valence-electron chi connectivity index (χ2n) is 3.82. The average molecular weight is 195 g/mol. The van der Waals surface area contributed by atoms with Crippen LogP contribution < -0.4 is 11.1 Å². The van der Waals surface area contributed by atoms with Crippen molar-refractivity contribution in [2.45, 2.75) is 38.1 Å². The van der Waals surface area contributed by atoms with Gasteiger partial charge in [-0.15, -0.1) is 0 Å². The molecular weight excluding hydrogens is 178 g/mol. The van der Waals surface area contributed by atoms with Crippen LogP contribution >= 0.6 is 0 Å². The van der Waals surface area contributed by atoms with Crippen LogP contribution in [0.2, 0.25) is 0 Å². The van der Waals surface area contributed by atoms with Gasteiger partial charge in [0, 0.05) is 18.5 Å². The number of hydrogen-bond acceptors (Lipinski definition) is 3. The zero-order valence-corrected chi connectivity index (χ0v) is 8.33. The predicted octanol–water partition coefficient (Wildman–Crippen LogP) is 0.534. The van der Waals surface area contributed by atoms with Crippen molar-refractivity contribution in [1.29, 1.82) is 5.26 Å². The molecule has 0 aromatic carbocycles. The highest BCUT2D eigenvalue weighted by atomic mass is 16.1. The quantitative estimate of drug-likeness (QED) is 0.645. The van der Waals surface area contributed by atoms with E-state index in [0.717, 1.165) is 25.7 Å². The van der Waals surface area contributed by atoms with Gasteiger partial charge in [0.2, 0.25) is 5.91 Å². The minimum Gasteiger partial charge on any atom is -0.355 e. The second-order valence-corrected chi connectivity index (χ2v) is 3.82. The minimum absolute atomic E-state index is 0.0652. The van der Waals surface area contributed by atoms with E-state index in [1.54, 1.807) is 0 Å². The van der Waals surface area contributed by atoms with Gasteiger partial charge in [0.05, 0.1) is 12.5 Å². The van der Waals surface area contributed by atoms with E-state index in [2.05, 4.69) is 5.32 Å². The van der Waals surface area contributed by atoms with Gasteiger partial charge in [0.25, 0.3) is 0 Å². The van der Waals surface area contributed by atoms with Gasteiger partial charge in [-0.3, -0.25) is 4.79 Å². The van der Waals surface area contributed by atoms with Crippen LogP contribution in [0.3, 0.4) is 0 Å². The number of rotatable bonds is 3. The summed E-state index contributed by atoms with van der Waals surface area (Å²) in [6.07, 6.45) is 4.18. The molecular formula is C10H17N3O. The summed E-state index contributed by atoms with van der Waals surface area (Å²) in [6.45, 7) is 0.459. The number of nitrogens with one attached hydrogen (secondary N) is 1. The third kappa shape index (κ3) is 3.35. The van der Waals surface area contributed by atoms with Crippen LogP contribution in [0, 0.1) is 17.2 Å². The van der Waals surface area contributed by atoms with Gasteiger partial charge in [-0.25, -0.2) is 0 Å². The van der Waals surface area contributed by atoms with Gasteiger partial charge in [-0.05, 0) is 19.3 Å². The Morgan fingerprint density at radius 3 is 3.00 bits per heavy atom. The second kappa shape index (κ2) is 5.61. The molecule has 1 amide bonds. The molecule has 78 valence electrons. The molecule has 0 spiro atoms. The van der Waals surface area contributed by atoms with E-state index < -0.39 is 0 Å². The number of nitrogens with zero attached hydrogens (tertiary/aromatic N) is 1. The van der Waals surface area contributed by atoms with Crippen LogP contribution in [0.4, 0.5) is 0 Å². The van der Waals surface area contributed by atoms with Crippen molar-refractivity contribution in [3.63, 3.8) is 0 Å². The van der Waals surface area contributed by atoms with E-state index in [1.807, 2.05) is 6.07 Å². The molecule has 1 fully saturated rings. The number of carbonyl (C=O) groups is 1. The highest BCUT2D eigenvalue weighted by Crippen LogP contribution is 2.22. The van der Waals surface area contributed by atoms with Crippen LogP contribution in [0.25, 0.3) is 0 Å². The Hall–Kier alpha value is -1.08. The number of nitriles is 1. The third-order valence-electron chi connectivity index (χ3n) is 2.62. The molecule has 3 N–H and O–H groups in total. The summed E-state index contributed by atoms with van der Waals surface area (Å²) in [5.41, 5.74) is 5.79. The molecule has 0 heterocycles. The Kier molecular flexibility index (Phi) is 4.41. The Morgan fingerprint density at radius 2 is 2.36 bits per heavy atom. The molecule has 0 bridgehead atoms. The maximum Gasteiger partial charge on any atom is 0.223 e. The van der Waals surface area contributed by atoms with Gasteiger partial charge >= 0.3 is 0 Å². The smallest absolute Gasteiger partial charge is 0.223 e. The van der Waals surface area contributed by atoms with Gasteiger partial charge in [-0.2, -0.15) is 5.26 Å². The highest BCUT2D eigenvalue weighted by molar-refractivity contribution is 5.78. The molecule has 14 heavy (non-hydrogen) atoms. The fourth-order valence-corrected chi connectivity index (χ4v) is 1.85. The zero-order valence-electron chi connectivity index (χ0n) is 8.33. The van der Waals surface area contributed by atoms with Gasteiger partial charge < -0.3 is 11.1 Å². The molecule has 0 aromatic heterocycles. The normalized spacial score (nSPS) is 26.6. The minimum atomic E-state index is 0.0652. The number of nitrogens with two attached hydrogens (primary N) is 1. The molecule has 1 aliphatic carbocycles. The third-order valence-corrected chi connectivity index (χ3v) is 2.62. The Morgan fingerprint density at radius 1 is 1.57 bits per heavy atom. The highest BCUT2D eigenvalue weighted by Gasteiger charge is 2.24. The topological polar surface area (TPSA) is 78.9 Å². The molecule has 1 aliphatic rings. The molecule has 4 nitrogen and oxygen atoms in total. The fourth-order valence-electron chi connectivity index (χ4n) is 1.85. The van der Waals surface area contributed by atoms with Crippen LogP contribution in [-0.4, -0.2) is 18.5 Å². The number of hydrogen-bond donors (Lipinski definition) is 2. The molecule has 2 unspecified atom stereocenters. The molecule has 2 atom stereocenters. The first kappa shape index (κ1) is 11.0. The maximum atomic E-state index is 11.5. The van der Waals surface area contributed by atoms with E-state index in [9.17, 15) is 4.79 Å². The van der Waals surface area contributed by atoms with Gasteiger partial charge in [0.15, 0.2) is 0 Å². The molecule has 0 aliphatic heterocycles. The van der Waals surface area contributed by atoms with E-state index in [4.69, 9.17) is 11.0 Å². The molecule has 0 aromatic rings. The first-order valence-electron chi connectivity index (χ1n) is 5.14. The van der Waals surface area contributed by atoms with Gasteiger partial charge in [0.1, 0.15) is 0 Å². The molecule has 0 saturated heterocycles. The van der Waals surface area contributed by atoms with E-state index in [1.165, 1.54) is 0 Å². The monoisotopic (exact) mass is 195 g/mol. The van der Waals surface area contributed by atoms with Crippen molar-refractivity contribution in [2.75, 3.05) is 6.54 Å². The largest absolute Gasteiger partial charge is 0.355 e. The lowest BCUT2D eigenvalue weighted by molar-refractivity contribution is -0.126. The van der Waals surface area contributed by atoms with Crippen molar-refractivity contribution in [3.8, 4) is 6.07 Å². The summed E-state index contributed by atoms with van der Waals surface area (Å²) in [6, 6.07) is 2.17. The first-order chi connectivity index (χ1) is 6.74. The fraction of sp³-hybridized carbons (Fsp3) is 0.800. The van der Waals surface area contributed by atoms with Gasteiger partial charge in [-0.1, -0.05) is 6.42 Å². The zero-order chi connectivity index (χ0) is 10.4. The van der Waals surface area contributed by atoms with E-state index in [-0.39, 0.29) is 17.9 Å². The molecule has 0 radical (unpaired) electrons. The maximum absolute atomic E-state index is 11.5. The average Bonchev–Trinajstić information content (AvgIpc) is 2.18. The van der Waals surface area contributed by atoms with Crippen LogP contribution in [0.1, 0.15) is 32.1 Å². The number of amides is 1. The van der Waals surface area contributed by atoms with E-state index in [0.29, 0.717) is 13.0 Å². The lowest BCUT2D eigenvalue weighted by atomic mass is 9.85. The molecule has 1 rings (SSSR count). The number of carbonyl (C=O) groups excluding carboxylic acids is 1. The van der Waals surface area contributed by atoms with E-state index >= 15 is 0 Å². The Bertz CT molecular complexity index is 234. The summed E-state index contributed by atoms with van der Waals surface area (Å²) in [5.74, 6) is 0.132. The van der Waals surface area contributed by atoms with Crippen molar-refractivity contribution >= 4 is 5.91 Å². The summed E-state index contributed by atoms with van der Waals surface area (Å²) in [7, 11) is 0. The summed E-state index contributed by atoms with van der Waals surface area (Å²) >= 11 is 0. The summed E-state index contributed by atoms with van der Waals surface area (Å²) < 4.78 is 0. The van der Waals surface area contributed by atoms with Crippen LogP contribution in [0.5, 0.6) is 0 Å². The lowest BCUT2D eigenvalue weighted by Gasteiger charge is -2.25. The first-order valence-corrected chi connectivity index (χ1v) is 5.14. The standard InChI is InChI=1S/C10H17N3O/c11-5-2-6-13-10(14)8-3-1-4-9(12)7-8/h8-9H,1-4,6-7,12H2,(H,13,14). The van der Waals surface area contributed by atoms with Crippen molar-refractivity contribution in [1.82, 2.24) is 5.32 Å². The van der Waals surface area contributed by atoms with Crippen LogP contribution in [0.15, 0.2) is 0 Å². The summed E-state index contributed by atoms with van der Waals surface area (Å²) in [4.78, 5) is 11.5. The Balaban J connectivity index is 2.26. The predicted molar refractivity (Wildman–Crippen MR) is 53.2 cm³/mol.